The molecule has 0 saturated heterocycles. The molecule has 1 aromatic heterocycles. The second-order valence-corrected chi connectivity index (χ2v) is 9.70. The topological polar surface area (TPSA) is 59.4 Å². The molecule has 0 unspecified atom stereocenters. The molecule has 0 aliphatic carbocycles. The first-order chi connectivity index (χ1) is 8.31. The Morgan fingerprint density at radius 2 is 2.17 bits per heavy atom. The van der Waals surface area contributed by atoms with Gasteiger partial charge in [0, 0.05) is 0 Å². The predicted octanol–water partition coefficient (Wildman–Crippen LogP) is 1.73. The lowest BCUT2D eigenvalue weighted by Crippen LogP contribution is -2.16. The van der Waals surface area contributed by atoms with Crippen LogP contribution in [0.4, 0.5) is 0 Å². The standard InChI is InChI=1S/C13H17NO3Si/c1-17-13(16)8-11-7-10(12(15)9-14-11)5-6-18(2,3)4/h7,9,15H,8H2,1-4H3. The van der Waals surface area contributed by atoms with Crippen molar-refractivity contribution >= 4 is 14.0 Å². The van der Waals surface area contributed by atoms with Gasteiger partial charge in [0.05, 0.1) is 31.0 Å². The van der Waals surface area contributed by atoms with Crippen molar-refractivity contribution in [1.82, 2.24) is 4.98 Å². The maximum atomic E-state index is 11.1. The van der Waals surface area contributed by atoms with Crippen LogP contribution in [0.5, 0.6) is 5.75 Å². The van der Waals surface area contributed by atoms with Gasteiger partial charge in [0.2, 0.25) is 0 Å². The van der Waals surface area contributed by atoms with Gasteiger partial charge in [0.15, 0.2) is 0 Å². The summed E-state index contributed by atoms with van der Waals surface area (Å²) in [5.74, 6) is 2.63. The van der Waals surface area contributed by atoms with Crippen molar-refractivity contribution in [2.24, 2.45) is 0 Å². The second-order valence-electron chi connectivity index (χ2n) is 4.95. The molecule has 0 spiro atoms. The van der Waals surface area contributed by atoms with E-state index in [4.69, 9.17) is 0 Å². The summed E-state index contributed by atoms with van der Waals surface area (Å²) in [6, 6.07) is 1.62. The normalized spacial score (nSPS) is 10.4. The zero-order chi connectivity index (χ0) is 13.8. The number of pyridine rings is 1. The molecule has 18 heavy (non-hydrogen) atoms. The summed E-state index contributed by atoms with van der Waals surface area (Å²) in [4.78, 5) is 15.1. The minimum Gasteiger partial charge on any atom is -0.505 e. The highest BCUT2D eigenvalue weighted by Gasteiger charge is 2.10. The van der Waals surface area contributed by atoms with Crippen molar-refractivity contribution in [1.29, 1.82) is 0 Å². The first-order valence-electron chi connectivity index (χ1n) is 5.60. The number of aromatic hydroxyl groups is 1. The van der Waals surface area contributed by atoms with Crippen molar-refractivity contribution < 1.29 is 14.6 Å². The van der Waals surface area contributed by atoms with Crippen LogP contribution >= 0.6 is 0 Å². The lowest BCUT2D eigenvalue weighted by atomic mass is 10.2. The van der Waals surface area contributed by atoms with E-state index in [-0.39, 0.29) is 18.1 Å². The van der Waals surface area contributed by atoms with Gasteiger partial charge in [-0.05, 0) is 6.07 Å². The molecular weight excluding hydrogens is 246 g/mol. The van der Waals surface area contributed by atoms with Crippen LogP contribution in [-0.2, 0) is 16.0 Å². The molecule has 1 heterocycles. The van der Waals surface area contributed by atoms with Gasteiger partial charge in [0.1, 0.15) is 13.8 Å². The van der Waals surface area contributed by atoms with Crippen molar-refractivity contribution in [2.45, 2.75) is 26.1 Å². The molecule has 0 saturated carbocycles. The fraction of sp³-hybridized carbons (Fsp3) is 0.385. The monoisotopic (exact) mass is 263 g/mol. The first kappa shape index (κ1) is 14.3. The van der Waals surface area contributed by atoms with E-state index in [1.807, 2.05) is 0 Å². The number of ether oxygens (including phenoxy) is 1. The molecule has 0 radical (unpaired) electrons. The molecule has 96 valence electrons. The Morgan fingerprint density at radius 1 is 1.50 bits per heavy atom. The molecule has 0 amide bonds. The van der Waals surface area contributed by atoms with E-state index in [1.54, 1.807) is 6.07 Å². The Bertz CT molecular complexity index is 509. The van der Waals surface area contributed by atoms with Crippen LogP contribution in [0.1, 0.15) is 11.3 Å². The molecule has 1 rings (SSSR count). The van der Waals surface area contributed by atoms with Crippen LogP contribution < -0.4 is 0 Å². The Labute approximate surface area is 108 Å². The maximum Gasteiger partial charge on any atom is 0.311 e. The van der Waals surface area contributed by atoms with Gasteiger partial charge in [-0.25, -0.2) is 0 Å². The Balaban J connectivity index is 3.01. The quantitative estimate of drug-likeness (QED) is 0.501. The van der Waals surface area contributed by atoms with E-state index in [0.717, 1.165) is 0 Å². The zero-order valence-electron chi connectivity index (χ0n) is 11.1. The number of carbonyl (C=O) groups excluding carboxylic acids is 1. The number of hydrogen-bond acceptors (Lipinski definition) is 4. The smallest absolute Gasteiger partial charge is 0.311 e. The third-order valence-corrected chi connectivity index (χ3v) is 2.94. The minimum absolute atomic E-state index is 0.0364. The number of nitrogens with zero attached hydrogens (tertiary/aromatic N) is 1. The number of carbonyl (C=O) groups is 1. The summed E-state index contributed by atoms with van der Waals surface area (Å²) in [6.45, 7) is 6.36. The summed E-state index contributed by atoms with van der Waals surface area (Å²) >= 11 is 0. The number of esters is 1. The van der Waals surface area contributed by atoms with Gasteiger partial charge in [0.25, 0.3) is 0 Å². The first-order valence-corrected chi connectivity index (χ1v) is 9.10. The highest BCUT2D eigenvalue weighted by Crippen LogP contribution is 2.15. The number of methoxy groups -OCH3 is 1. The third-order valence-electron chi connectivity index (χ3n) is 2.06. The molecule has 1 aromatic rings. The third kappa shape index (κ3) is 4.59. The van der Waals surface area contributed by atoms with Crippen LogP contribution in [-0.4, -0.2) is 31.2 Å². The van der Waals surface area contributed by atoms with Crippen LogP contribution in [0.2, 0.25) is 19.6 Å². The average molecular weight is 263 g/mol. The molecule has 1 N–H and O–H groups in total. The lowest BCUT2D eigenvalue weighted by Gasteiger charge is -2.05. The van der Waals surface area contributed by atoms with Crippen molar-refractivity contribution in [2.75, 3.05) is 7.11 Å². The molecule has 5 heteroatoms. The van der Waals surface area contributed by atoms with Gasteiger partial charge >= 0.3 is 5.97 Å². The van der Waals surface area contributed by atoms with Gasteiger partial charge in [-0.3, -0.25) is 9.78 Å². The highest BCUT2D eigenvalue weighted by molar-refractivity contribution is 6.83. The van der Waals surface area contributed by atoms with Crippen LogP contribution in [0.25, 0.3) is 0 Å². The van der Waals surface area contributed by atoms with Gasteiger partial charge in [-0.2, -0.15) is 0 Å². The van der Waals surface area contributed by atoms with E-state index in [9.17, 15) is 9.90 Å². The summed E-state index contributed by atoms with van der Waals surface area (Å²) in [7, 11) is -0.175. The van der Waals surface area contributed by atoms with E-state index in [0.29, 0.717) is 11.3 Å². The fourth-order valence-corrected chi connectivity index (χ4v) is 1.67. The molecule has 0 aliphatic heterocycles. The van der Waals surface area contributed by atoms with Crippen LogP contribution in [0.15, 0.2) is 12.3 Å². The maximum absolute atomic E-state index is 11.1. The van der Waals surface area contributed by atoms with Crippen molar-refractivity contribution in [3.8, 4) is 17.2 Å². The molecular formula is C13H17NO3Si. The SMILES string of the molecule is COC(=O)Cc1cc(C#C[Si](C)(C)C)c(O)cn1. The van der Waals surface area contributed by atoms with Crippen molar-refractivity contribution in [3.05, 3.63) is 23.5 Å². The van der Waals surface area contributed by atoms with E-state index >= 15 is 0 Å². The second kappa shape index (κ2) is 5.69. The summed E-state index contributed by atoms with van der Waals surface area (Å²) in [6.07, 6.45) is 1.39. The summed E-state index contributed by atoms with van der Waals surface area (Å²) < 4.78 is 4.57. The molecule has 0 aromatic carbocycles. The fourth-order valence-electron chi connectivity index (χ4n) is 1.16. The lowest BCUT2D eigenvalue weighted by molar-refractivity contribution is -0.139. The van der Waals surface area contributed by atoms with E-state index < -0.39 is 8.07 Å². The average Bonchev–Trinajstić information content (AvgIpc) is 2.28. The predicted molar refractivity (Wildman–Crippen MR) is 71.8 cm³/mol. The van der Waals surface area contributed by atoms with Crippen molar-refractivity contribution in [3.63, 3.8) is 0 Å². The number of rotatable bonds is 2. The van der Waals surface area contributed by atoms with Crippen LogP contribution in [0.3, 0.4) is 0 Å². The largest absolute Gasteiger partial charge is 0.505 e. The molecule has 0 fully saturated rings. The van der Waals surface area contributed by atoms with Gasteiger partial charge in [-0.15, -0.1) is 5.54 Å². The molecule has 4 nitrogen and oxygen atoms in total. The summed E-state index contributed by atoms with van der Waals surface area (Å²) in [5, 5.41) is 9.66. The Kier molecular flexibility index (Phi) is 4.51. The van der Waals surface area contributed by atoms with E-state index in [1.165, 1.54) is 13.3 Å². The van der Waals surface area contributed by atoms with Gasteiger partial charge < -0.3 is 9.84 Å². The Hall–Kier alpha value is -1.80. The number of hydrogen-bond donors (Lipinski definition) is 1. The zero-order valence-corrected chi connectivity index (χ0v) is 12.1. The summed E-state index contributed by atoms with van der Waals surface area (Å²) in [5.41, 5.74) is 4.21. The minimum atomic E-state index is -1.50. The number of aromatic nitrogens is 1. The Morgan fingerprint density at radius 3 is 2.72 bits per heavy atom. The van der Waals surface area contributed by atoms with E-state index in [2.05, 4.69) is 40.8 Å². The molecule has 0 atom stereocenters. The highest BCUT2D eigenvalue weighted by atomic mass is 28.3. The molecule has 0 aliphatic rings. The van der Waals surface area contributed by atoms with Crippen LogP contribution in [0, 0.1) is 11.5 Å². The van der Waals surface area contributed by atoms with Gasteiger partial charge in [-0.1, -0.05) is 25.6 Å². The molecule has 0 bridgehead atoms.